The van der Waals surface area contributed by atoms with Crippen LogP contribution in [0.4, 0.5) is 0 Å². The topological polar surface area (TPSA) is 29.1 Å². The highest BCUT2D eigenvalue weighted by Crippen LogP contribution is 2.16. The van der Waals surface area contributed by atoms with Gasteiger partial charge in [0.1, 0.15) is 0 Å². The minimum Gasteiger partial charge on any atom is -0.348 e. The van der Waals surface area contributed by atoms with Gasteiger partial charge in [-0.3, -0.25) is 4.79 Å². The van der Waals surface area contributed by atoms with Crippen molar-refractivity contribution in [2.45, 2.75) is 32.2 Å². The third kappa shape index (κ3) is 5.13. The van der Waals surface area contributed by atoms with Gasteiger partial charge in [0.15, 0.2) is 0 Å². The van der Waals surface area contributed by atoms with E-state index in [1.165, 1.54) is 18.4 Å². The van der Waals surface area contributed by atoms with Crippen LogP contribution in [-0.2, 0) is 6.54 Å². The summed E-state index contributed by atoms with van der Waals surface area (Å²) in [6, 6.07) is 17.2. The predicted molar refractivity (Wildman–Crippen MR) is 105 cm³/mol. The number of hydrogen-bond donors (Lipinski definition) is 1. The molecule has 2 heteroatoms. The minimum absolute atomic E-state index is 0.123. The lowest BCUT2D eigenvalue weighted by Gasteiger charge is -2.07. The van der Waals surface area contributed by atoms with Gasteiger partial charge in [-0.15, -0.1) is 0 Å². The fourth-order valence-electron chi connectivity index (χ4n) is 2.83. The zero-order valence-corrected chi connectivity index (χ0v) is 14.7. The summed E-state index contributed by atoms with van der Waals surface area (Å²) in [7, 11) is 0. The molecule has 26 heavy (non-hydrogen) atoms. The fraction of sp³-hybridized carbons (Fsp3) is 0.208. The molecule has 1 aliphatic rings. The van der Waals surface area contributed by atoms with Crippen LogP contribution < -0.4 is 5.32 Å². The van der Waals surface area contributed by atoms with Crippen LogP contribution in [0.1, 0.15) is 47.2 Å². The summed E-state index contributed by atoms with van der Waals surface area (Å²) in [5, 5.41) is 2.95. The van der Waals surface area contributed by atoms with Crippen LogP contribution >= 0.6 is 0 Å². The van der Waals surface area contributed by atoms with Gasteiger partial charge in [-0.05, 0) is 60.8 Å². The molecule has 128 valence electrons. The molecule has 0 saturated carbocycles. The van der Waals surface area contributed by atoms with E-state index in [2.05, 4.69) is 35.1 Å². The van der Waals surface area contributed by atoms with Crippen molar-refractivity contribution in [1.82, 2.24) is 5.32 Å². The average molecular weight is 339 g/mol. The second-order valence-electron chi connectivity index (χ2n) is 6.19. The lowest BCUT2D eigenvalue weighted by atomic mass is 10.0. The molecule has 0 radical (unpaired) electrons. The van der Waals surface area contributed by atoms with Gasteiger partial charge < -0.3 is 5.32 Å². The third-order valence-electron chi connectivity index (χ3n) is 4.24. The zero-order chi connectivity index (χ0) is 18.0. The summed E-state index contributed by atoms with van der Waals surface area (Å²) in [5.74, 6) is 11.8. The van der Waals surface area contributed by atoms with E-state index in [9.17, 15) is 4.79 Å². The van der Waals surface area contributed by atoms with Crippen molar-refractivity contribution in [1.29, 1.82) is 0 Å². The van der Waals surface area contributed by atoms with Crippen LogP contribution in [0.3, 0.4) is 0 Å². The Bertz CT molecular complexity index is 917. The van der Waals surface area contributed by atoms with Crippen molar-refractivity contribution in [2.75, 3.05) is 0 Å². The molecule has 1 N–H and O–H groups in total. The van der Waals surface area contributed by atoms with E-state index in [0.717, 1.165) is 18.4 Å². The number of amides is 1. The van der Waals surface area contributed by atoms with Crippen molar-refractivity contribution in [2.24, 2.45) is 0 Å². The predicted octanol–water partition coefficient (Wildman–Crippen LogP) is 4.47. The van der Waals surface area contributed by atoms with Crippen LogP contribution in [-0.4, -0.2) is 5.91 Å². The molecule has 0 heterocycles. The molecule has 0 bridgehead atoms. The second kappa shape index (κ2) is 9.30. The number of benzene rings is 2. The summed E-state index contributed by atoms with van der Waals surface area (Å²) in [4.78, 5) is 12.5. The molecule has 2 aromatic carbocycles. The Morgan fingerprint density at radius 2 is 1.69 bits per heavy atom. The molecule has 2 nitrogen and oxygen atoms in total. The first-order chi connectivity index (χ1) is 12.8. The van der Waals surface area contributed by atoms with E-state index in [1.807, 2.05) is 48.5 Å². The van der Waals surface area contributed by atoms with E-state index in [0.29, 0.717) is 17.7 Å². The highest BCUT2D eigenvalue weighted by Gasteiger charge is 2.09. The quantitative estimate of drug-likeness (QED) is 0.821. The maximum Gasteiger partial charge on any atom is 0.252 e. The molecule has 0 spiro atoms. The first-order valence-electron chi connectivity index (χ1n) is 8.95. The molecule has 0 saturated heterocycles. The Morgan fingerprint density at radius 1 is 0.923 bits per heavy atom. The Morgan fingerprint density at radius 3 is 2.50 bits per heavy atom. The molecule has 3 rings (SSSR count). The molecule has 1 aliphatic carbocycles. The highest BCUT2D eigenvalue weighted by atomic mass is 16.1. The third-order valence-corrected chi connectivity index (χ3v) is 4.24. The summed E-state index contributed by atoms with van der Waals surface area (Å²) in [5.41, 5.74) is 3.52. The van der Waals surface area contributed by atoms with E-state index in [1.54, 1.807) is 6.07 Å². The van der Waals surface area contributed by atoms with Gasteiger partial charge in [0, 0.05) is 12.1 Å². The first kappa shape index (κ1) is 17.6. The average Bonchev–Trinajstić information content (AvgIpc) is 2.71. The lowest BCUT2D eigenvalue weighted by Crippen LogP contribution is -2.23. The first-order valence-corrected chi connectivity index (χ1v) is 8.95. The minimum atomic E-state index is -0.123. The maximum absolute atomic E-state index is 12.5. The van der Waals surface area contributed by atoms with Crippen molar-refractivity contribution >= 4 is 5.91 Å². The Balaban J connectivity index is 1.68. The second-order valence-corrected chi connectivity index (χ2v) is 6.19. The van der Waals surface area contributed by atoms with Gasteiger partial charge in [-0.2, -0.15) is 0 Å². The van der Waals surface area contributed by atoms with E-state index in [-0.39, 0.29) is 5.91 Å². The van der Waals surface area contributed by atoms with Gasteiger partial charge in [-0.25, -0.2) is 0 Å². The molecule has 0 fully saturated rings. The van der Waals surface area contributed by atoms with Gasteiger partial charge in [-0.1, -0.05) is 60.4 Å². The Kier molecular flexibility index (Phi) is 6.29. The maximum atomic E-state index is 12.5. The van der Waals surface area contributed by atoms with Gasteiger partial charge in [0.2, 0.25) is 0 Å². The summed E-state index contributed by atoms with van der Waals surface area (Å²) >= 11 is 0. The van der Waals surface area contributed by atoms with Gasteiger partial charge >= 0.3 is 0 Å². The van der Waals surface area contributed by atoms with E-state index >= 15 is 0 Å². The van der Waals surface area contributed by atoms with Crippen molar-refractivity contribution in [3.8, 4) is 23.7 Å². The molecule has 2 aromatic rings. The lowest BCUT2D eigenvalue weighted by molar-refractivity contribution is 0.0950. The normalized spacial score (nSPS) is 12.7. The fourth-order valence-corrected chi connectivity index (χ4v) is 2.83. The van der Waals surface area contributed by atoms with Crippen molar-refractivity contribution < 1.29 is 4.79 Å². The molecule has 0 atom stereocenters. The molecule has 0 aromatic heterocycles. The van der Waals surface area contributed by atoms with Crippen LogP contribution in [0.15, 0.2) is 66.2 Å². The Hall–Kier alpha value is -3.23. The summed E-state index contributed by atoms with van der Waals surface area (Å²) < 4.78 is 0. The number of allylic oxidation sites excluding steroid dienone is 2. The van der Waals surface area contributed by atoms with Crippen LogP contribution in [0.25, 0.3) is 0 Å². The number of carbonyl (C=O) groups is 1. The van der Waals surface area contributed by atoms with Crippen LogP contribution in [0.2, 0.25) is 0 Å². The SMILES string of the molecule is O=C(NCc1ccccc1)c1ccccc1C#CC#CC1=CCCCC1. The van der Waals surface area contributed by atoms with Crippen molar-refractivity contribution in [3.63, 3.8) is 0 Å². The van der Waals surface area contributed by atoms with Crippen LogP contribution in [0.5, 0.6) is 0 Å². The number of hydrogen-bond acceptors (Lipinski definition) is 1. The van der Waals surface area contributed by atoms with Gasteiger partial charge in [0.05, 0.1) is 5.56 Å². The molecule has 1 amide bonds. The van der Waals surface area contributed by atoms with Gasteiger partial charge in [0.25, 0.3) is 5.91 Å². The zero-order valence-electron chi connectivity index (χ0n) is 14.7. The molecule has 0 aliphatic heterocycles. The Labute approximate surface area is 155 Å². The van der Waals surface area contributed by atoms with Crippen molar-refractivity contribution in [3.05, 3.63) is 82.9 Å². The molecular formula is C24H21NO. The number of carbonyl (C=O) groups excluding carboxylic acids is 1. The highest BCUT2D eigenvalue weighted by molar-refractivity contribution is 5.96. The molecular weight excluding hydrogens is 318 g/mol. The van der Waals surface area contributed by atoms with E-state index in [4.69, 9.17) is 0 Å². The number of nitrogens with one attached hydrogen (secondary N) is 1. The number of rotatable bonds is 3. The summed E-state index contributed by atoms with van der Waals surface area (Å²) in [6.45, 7) is 0.495. The monoisotopic (exact) mass is 339 g/mol. The summed E-state index contributed by atoms with van der Waals surface area (Å²) in [6.07, 6.45) is 6.82. The van der Waals surface area contributed by atoms with Crippen LogP contribution in [0, 0.1) is 23.7 Å². The smallest absolute Gasteiger partial charge is 0.252 e. The molecule has 0 unspecified atom stereocenters. The largest absolute Gasteiger partial charge is 0.348 e. The standard InChI is InChI=1S/C24H21NO/c26-24(25-19-21-14-5-2-6-15-21)23-18-10-9-17-22(23)16-8-7-13-20-11-3-1-4-12-20/h2,5-6,9-11,14-15,17-18H,1,3-4,12,19H2,(H,25,26). The van der Waals surface area contributed by atoms with E-state index < -0.39 is 0 Å².